The summed E-state index contributed by atoms with van der Waals surface area (Å²) in [5, 5.41) is 2.80. The Morgan fingerprint density at radius 1 is 1.29 bits per heavy atom. The third-order valence-corrected chi connectivity index (χ3v) is 4.46. The number of aromatic nitrogens is 1. The molecule has 7 heteroatoms. The van der Waals surface area contributed by atoms with Gasteiger partial charge in [0.05, 0.1) is 18.5 Å². The summed E-state index contributed by atoms with van der Waals surface area (Å²) in [4.78, 5) is 17.4. The first-order valence-electron chi connectivity index (χ1n) is 7.63. The van der Waals surface area contributed by atoms with E-state index >= 15 is 0 Å². The normalized spacial score (nSPS) is 14.0. The Hall–Kier alpha value is -2.31. The summed E-state index contributed by atoms with van der Waals surface area (Å²) in [7, 11) is 3.08. The van der Waals surface area contributed by atoms with Gasteiger partial charge in [0.15, 0.2) is 0 Å². The number of hydrogen-bond acceptors (Lipinski definition) is 5. The minimum Gasteiger partial charge on any atom is -0.452 e. The molecular formula is C17H19ClN4O2. The smallest absolute Gasteiger partial charge is 0.413 e. The average Bonchev–Trinajstić information content (AvgIpc) is 2.62. The van der Waals surface area contributed by atoms with Crippen molar-refractivity contribution in [2.45, 2.75) is 13.0 Å². The van der Waals surface area contributed by atoms with Crippen molar-refractivity contribution in [1.29, 1.82) is 0 Å². The molecule has 1 aromatic carbocycles. The molecule has 1 aliphatic rings. The van der Waals surface area contributed by atoms with Crippen LogP contribution in [0.15, 0.2) is 36.7 Å². The van der Waals surface area contributed by atoms with E-state index < -0.39 is 6.09 Å². The lowest BCUT2D eigenvalue weighted by molar-refractivity contribution is 0.180. The van der Waals surface area contributed by atoms with Gasteiger partial charge in [0.25, 0.3) is 0 Å². The van der Waals surface area contributed by atoms with E-state index in [1.165, 1.54) is 12.0 Å². The number of fused-ring (bicyclic) bond motifs is 1. The second kappa shape index (κ2) is 7.07. The van der Waals surface area contributed by atoms with Crippen molar-refractivity contribution in [2.24, 2.45) is 0 Å². The highest BCUT2D eigenvalue weighted by Crippen LogP contribution is 2.33. The van der Waals surface area contributed by atoms with Gasteiger partial charge in [-0.25, -0.2) is 9.80 Å². The second-order valence-electron chi connectivity index (χ2n) is 5.57. The molecule has 1 N–H and O–H groups in total. The molecule has 0 aliphatic carbocycles. The van der Waals surface area contributed by atoms with Crippen LogP contribution in [-0.4, -0.2) is 36.8 Å². The second-order valence-corrected chi connectivity index (χ2v) is 5.98. The first-order chi connectivity index (χ1) is 11.6. The predicted octanol–water partition coefficient (Wildman–Crippen LogP) is 3.32. The van der Waals surface area contributed by atoms with E-state index in [0.717, 1.165) is 35.5 Å². The van der Waals surface area contributed by atoms with Crippen molar-refractivity contribution in [3.05, 3.63) is 52.8 Å². The van der Waals surface area contributed by atoms with Crippen LogP contribution < -0.4 is 10.3 Å². The summed E-state index contributed by atoms with van der Waals surface area (Å²) in [5.74, 6) is 0. The first-order valence-corrected chi connectivity index (χ1v) is 8.01. The van der Waals surface area contributed by atoms with Gasteiger partial charge < -0.3 is 10.2 Å². The van der Waals surface area contributed by atoms with Crippen molar-refractivity contribution in [3.8, 4) is 0 Å². The molecule has 0 atom stereocenters. The molecule has 2 heterocycles. The Labute approximate surface area is 146 Å². The molecular weight excluding hydrogens is 328 g/mol. The van der Waals surface area contributed by atoms with Crippen LogP contribution in [0.5, 0.6) is 0 Å². The van der Waals surface area contributed by atoms with Crippen molar-refractivity contribution in [1.82, 2.24) is 9.99 Å². The van der Waals surface area contributed by atoms with Gasteiger partial charge in [0.2, 0.25) is 0 Å². The largest absolute Gasteiger partial charge is 0.452 e. The molecule has 0 spiro atoms. The highest BCUT2D eigenvalue weighted by Gasteiger charge is 2.24. The summed E-state index contributed by atoms with van der Waals surface area (Å²) >= 11 is 6.40. The molecule has 24 heavy (non-hydrogen) atoms. The van der Waals surface area contributed by atoms with Gasteiger partial charge in [-0.1, -0.05) is 11.6 Å². The lowest BCUT2D eigenvalue weighted by atomic mass is 9.98. The van der Waals surface area contributed by atoms with Gasteiger partial charge in [-0.2, -0.15) is 0 Å². The molecule has 0 saturated heterocycles. The zero-order valence-corrected chi connectivity index (χ0v) is 14.4. The van der Waals surface area contributed by atoms with Gasteiger partial charge in [-0.05, 0) is 41.8 Å². The third-order valence-electron chi connectivity index (χ3n) is 4.11. The fourth-order valence-electron chi connectivity index (χ4n) is 2.87. The maximum Gasteiger partial charge on any atom is 0.413 e. The van der Waals surface area contributed by atoms with Gasteiger partial charge in [-0.15, -0.1) is 0 Å². The van der Waals surface area contributed by atoms with Crippen LogP contribution in [0.25, 0.3) is 0 Å². The van der Waals surface area contributed by atoms with Crippen molar-refractivity contribution < 1.29 is 9.53 Å². The minimum absolute atomic E-state index is 0.392. The molecule has 1 aliphatic heterocycles. The number of hydrogen-bond donors (Lipinski definition) is 1. The lowest BCUT2D eigenvalue weighted by Gasteiger charge is -2.32. The van der Waals surface area contributed by atoms with Gasteiger partial charge >= 0.3 is 6.09 Å². The number of amides is 1. The van der Waals surface area contributed by atoms with Crippen LogP contribution in [0.1, 0.15) is 11.1 Å². The number of benzene rings is 1. The summed E-state index contributed by atoms with van der Waals surface area (Å²) in [6, 6.07) is 7.52. The fraction of sp³-hybridized carbons (Fsp3) is 0.294. The van der Waals surface area contributed by atoms with Gasteiger partial charge in [0.1, 0.15) is 0 Å². The average molecular weight is 347 g/mol. The SMILES string of the molecule is COC(=O)N(C)c1ccc(Cl)c2c1CCN(Nc1ccncc1)C2. The van der Waals surface area contributed by atoms with E-state index in [9.17, 15) is 4.79 Å². The Balaban J connectivity index is 1.85. The molecule has 1 aromatic heterocycles. The first kappa shape index (κ1) is 16.5. The Bertz CT molecular complexity index is 739. The van der Waals surface area contributed by atoms with Crippen molar-refractivity contribution >= 4 is 29.1 Å². The monoisotopic (exact) mass is 346 g/mol. The fourth-order valence-corrected chi connectivity index (χ4v) is 3.11. The maximum atomic E-state index is 11.8. The number of anilines is 2. The molecule has 0 radical (unpaired) electrons. The van der Waals surface area contributed by atoms with E-state index in [1.807, 2.05) is 24.3 Å². The van der Waals surface area contributed by atoms with Crippen LogP contribution in [0.4, 0.5) is 16.2 Å². The molecule has 126 valence electrons. The zero-order valence-electron chi connectivity index (χ0n) is 13.6. The van der Waals surface area contributed by atoms with Crippen LogP contribution in [-0.2, 0) is 17.7 Å². The number of carbonyl (C=O) groups excluding carboxylic acids is 1. The number of carbonyl (C=O) groups is 1. The summed E-state index contributed by atoms with van der Waals surface area (Å²) in [6.45, 7) is 1.46. The highest BCUT2D eigenvalue weighted by atomic mass is 35.5. The molecule has 0 fully saturated rings. The number of methoxy groups -OCH3 is 1. The van der Waals surface area contributed by atoms with Crippen LogP contribution in [0.2, 0.25) is 5.02 Å². The van der Waals surface area contributed by atoms with E-state index in [2.05, 4.69) is 15.4 Å². The van der Waals surface area contributed by atoms with Gasteiger partial charge in [-0.3, -0.25) is 9.88 Å². The van der Waals surface area contributed by atoms with Crippen molar-refractivity contribution in [2.75, 3.05) is 31.0 Å². The summed E-state index contributed by atoms with van der Waals surface area (Å²) in [5.41, 5.74) is 7.29. The Morgan fingerprint density at radius 3 is 2.75 bits per heavy atom. The number of ether oxygens (including phenoxy) is 1. The minimum atomic E-state index is -0.392. The number of hydrazine groups is 1. The van der Waals surface area contributed by atoms with E-state index in [4.69, 9.17) is 16.3 Å². The number of pyridine rings is 1. The molecule has 1 amide bonds. The molecule has 0 saturated carbocycles. The van der Waals surface area contributed by atoms with Crippen LogP contribution >= 0.6 is 11.6 Å². The maximum absolute atomic E-state index is 11.8. The summed E-state index contributed by atoms with van der Waals surface area (Å²) < 4.78 is 4.81. The van der Waals surface area contributed by atoms with E-state index in [0.29, 0.717) is 11.6 Å². The molecule has 0 bridgehead atoms. The molecule has 3 rings (SSSR count). The Kier molecular flexibility index (Phi) is 4.87. The predicted molar refractivity (Wildman–Crippen MR) is 94.2 cm³/mol. The van der Waals surface area contributed by atoms with E-state index in [1.54, 1.807) is 19.4 Å². The topological polar surface area (TPSA) is 57.7 Å². The molecule has 6 nitrogen and oxygen atoms in total. The lowest BCUT2D eigenvalue weighted by Crippen LogP contribution is -2.37. The van der Waals surface area contributed by atoms with Crippen LogP contribution in [0.3, 0.4) is 0 Å². The third kappa shape index (κ3) is 3.29. The van der Waals surface area contributed by atoms with Crippen molar-refractivity contribution in [3.63, 3.8) is 0 Å². The number of halogens is 1. The molecule has 0 unspecified atom stereocenters. The van der Waals surface area contributed by atoms with Crippen LogP contribution in [0, 0.1) is 0 Å². The number of nitrogens with one attached hydrogen (secondary N) is 1. The van der Waals surface area contributed by atoms with Gasteiger partial charge in [0, 0.05) is 37.6 Å². The summed E-state index contributed by atoms with van der Waals surface area (Å²) in [6.07, 6.45) is 3.88. The quantitative estimate of drug-likeness (QED) is 0.923. The highest BCUT2D eigenvalue weighted by molar-refractivity contribution is 6.31. The molecule has 2 aromatic rings. The standard InChI is InChI=1S/C17H19ClN4O2/c1-21(17(23)24-2)16-4-3-15(18)14-11-22(10-7-13(14)16)20-12-5-8-19-9-6-12/h3-6,8-9H,7,10-11H2,1-2H3,(H,19,20). The Morgan fingerprint density at radius 2 is 2.04 bits per heavy atom. The van der Waals surface area contributed by atoms with E-state index in [-0.39, 0.29) is 0 Å². The zero-order chi connectivity index (χ0) is 17.1. The number of rotatable bonds is 3. The number of nitrogens with zero attached hydrogens (tertiary/aromatic N) is 3.